The van der Waals surface area contributed by atoms with Crippen LogP contribution in [0.2, 0.25) is 0 Å². The molecule has 21 heavy (non-hydrogen) atoms. The van der Waals surface area contributed by atoms with Gasteiger partial charge in [0.25, 0.3) is 0 Å². The third-order valence-corrected chi connectivity index (χ3v) is 3.36. The molecule has 0 aromatic carbocycles. The molecule has 2 heterocycles. The maximum Gasteiger partial charge on any atom is 0.329 e. The van der Waals surface area contributed by atoms with E-state index in [9.17, 15) is 9.59 Å². The molecule has 1 aromatic rings. The lowest BCUT2D eigenvalue weighted by molar-refractivity contribution is -0.145. The molecule has 2 amide bonds. The van der Waals surface area contributed by atoms with Gasteiger partial charge in [0.1, 0.15) is 6.61 Å². The summed E-state index contributed by atoms with van der Waals surface area (Å²) < 4.78 is 5.24. The number of aromatic nitrogens is 1. The van der Waals surface area contributed by atoms with Crippen LogP contribution in [0.25, 0.3) is 0 Å². The molecule has 7 heteroatoms. The maximum atomic E-state index is 12.0. The summed E-state index contributed by atoms with van der Waals surface area (Å²) in [5, 5.41) is 11.4. The normalized spacial score (nSPS) is 15.7. The molecule has 0 atom stereocenters. The van der Waals surface area contributed by atoms with E-state index in [0.717, 1.165) is 5.56 Å². The number of carboxylic acids is 1. The number of hydrogen-bond acceptors (Lipinski definition) is 4. The molecule has 0 radical (unpaired) electrons. The monoisotopic (exact) mass is 293 g/mol. The van der Waals surface area contributed by atoms with Crippen LogP contribution in [0.4, 0.5) is 4.79 Å². The second-order valence-electron chi connectivity index (χ2n) is 4.91. The molecule has 7 nitrogen and oxygen atoms in total. The van der Waals surface area contributed by atoms with Crippen molar-refractivity contribution in [2.24, 2.45) is 0 Å². The van der Waals surface area contributed by atoms with Gasteiger partial charge in [-0.15, -0.1) is 0 Å². The first-order valence-electron chi connectivity index (χ1n) is 6.90. The summed E-state index contributed by atoms with van der Waals surface area (Å²) >= 11 is 0. The van der Waals surface area contributed by atoms with Gasteiger partial charge in [-0.2, -0.15) is 0 Å². The van der Waals surface area contributed by atoms with Crippen LogP contribution < -0.4 is 5.32 Å². The van der Waals surface area contributed by atoms with Crippen molar-refractivity contribution >= 4 is 12.0 Å². The number of amides is 2. The molecular weight excluding hydrogens is 274 g/mol. The van der Waals surface area contributed by atoms with E-state index in [1.807, 2.05) is 12.1 Å². The van der Waals surface area contributed by atoms with Gasteiger partial charge in [-0.1, -0.05) is 0 Å². The highest BCUT2D eigenvalue weighted by molar-refractivity contribution is 5.74. The second-order valence-corrected chi connectivity index (χ2v) is 4.91. The van der Waals surface area contributed by atoms with Crippen molar-refractivity contribution in [2.75, 3.05) is 19.7 Å². The van der Waals surface area contributed by atoms with E-state index in [4.69, 9.17) is 9.84 Å². The van der Waals surface area contributed by atoms with Gasteiger partial charge in [0.15, 0.2) is 0 Å². The summed E-state index contributed by atoms with van der Waals surface area (Å²) in [6, 6.07) is 3.60. The molecule has 0 spiro atoms. The zero-order chi connectivity index (χ0) is 15.1. The van der Waals surface area contributed by atoms with Crippen LogP contribution in [0.5, 0.6) is 0 Å². The first-order chi connectivity index (χ1) is 10.1. The van der Waals surface area contributed by atoms with Gasteiger partial charge in [-0.3, -0.25) is 4.98 Å². The number of carbonyl (C=O) groups is 2. The number of piperidine rings is 1. The average Bonchev–Trinajstić information content (AvgIpc) is 2.52. The van der Waals surface area contributed by atoms with E-state index < -0.39 is 5.97 Å². The topological polar surface area (TPSA) is 91.8 Å². The van der Waals surface area contributed by atoms with E-state index in [0.29, 0.717) is 32.5 Å². The fraction of sp³-hybridized carbons (Fsp3) is 0.500. The van der Waals surface area contributed by atoms with Gasteiger partial charge in [-0.25, -0.2) is 9.59 Å². The van der Waals surface area contributed by atoms with Crippen molar-refractivity contribution in [2.45, 2.75) is 25.5 Å². The Morgan fingerprint density at radius 3 is 2.62 bits per heavy atom. The number of likely N-dealkylation sites (tertiary alicyclic amines) is 1. The number of carboxylic acid groups (broad SMARTS) is 1. The fourth-order valence-corrected chi connectivity index (χ4v) is 2.20. The molecule has 0 unspecified atom stereocenters. The van der Waals surface area contributed by atoms with Gasteiger partial charge >= 0.3 is 12.0 Å². The summed E-state index contributed by atoms with van der Waals surface area (Å²) in [5.74, 6) is -0.965. The number of pyridine rings is 1. The van der Waals surface area contributed by atoms with Crippen LogP contribution in [0.3, 0.4) is 0 Å². The molecule has 2 N–H and O–H groups in total. The van der Waals surface area contributed by atoms with E-state index >= 15 is 0 Å². The smallest absolute Gasteiger partial charge is 0.329 e. The van der Waals surface area contributed by atoms with E-state index in [-0.39, 0.29) is 18.7 Å². The van der Waals surface area contributed by atoms with Gasteiger partial charge in [0.2, 0.25) is 0 Å². The van der Waals surface area contributed by atoms with Crippen molar-refractivity contribution in [3.63, 3.8) is 0 Å². The number of hydrogen-bond donors (Lipinski definition) is 2. The SMILES string of the molecule is O=C(O)COC1CCN(C(=O)NCc2ccncc2)CC1. The van der Waals surface area contributed by atoms with Crippen LogP contribution in [0.1, 0.15) is 18.4 Å². The Bertz CT molecular complexity index is 472. The van der Waals surface area contributed by atoms with E-state index in [2.05, 4.69) is 10.3 Å². The Morgan fingerprint density at radius 1 is 1.33 bits per heavy atom. The molecule has 1 saturated heterocycles. The van der Waals surface area contributed by atoms with E-state index in [1.165, 1.54) is 0 Å². The number of nitrogens with one attached hydrogen (secondary N) is 1. The highest BCUT2D eigenvalue weighted by Crippen LogP contribution is 2.13. The Kier molecular flexibility index (Phi) is 5.51. The molecule has 114 valence electrons. The Morgan fingerprint density at radius 2 is 2.00 bits per heavy atom. The summed E-state index contributed by atoms with van der Waals surface area (Å²) in [7, 11) is 0. The van der Waals surface area contributed by atoms with Crippen molar-refractivity contribution in [1.82, 2.24) is 15.2 Å². The molecule has 0 bridgehead atoms. The Labute approximate surface area is 122 Å². The minimum Gasteiger partial charge on any atom is -0.480 e. The van der Waals surface area contributed by atoms with Crippen LogP contribution >= 0.6 is 0 Å². The number of nitrogens with zero attached hydrogens (tertiary/aromatic N) is 2. The number of urea groups is 1. The third-order valence-electron chi connectivity index (χ3n) is 3.36. The third kappa shape index (κ3) is 5.03. The van der Waals surface area contributed by atoms with Crippen molar-refractivity contribution in [1.29, 1.82) is 0 Å². The molecule has 1 aromatic heterocycles. The fourth-order valence-electron chi connectivity index (χ4n) is 2.20. The van der Waals surface area contributed by atoms with Crippen molar-refractivity contribution in [3.8, 4) is 0 Å². The Balaban J connectivity index is 1.69. The summed E-state index contributed by atoms with van der Waals surface area (Å²) in [6.07, 6.45) is 4.62. The number of carbonyl (C=O) groups excluding carboxylic acids is 1. The van der Waals surface area contributed by atoms with Crippen LogP contribution in [-0.2, 0) is 16.1 Å². The van der Waals surface area contributed by atoms with Crippen LogP contribution in [-0.4, -0.2) is 52.8 Å². The van der Waals surface area contributed by atoms with Gasteiger partial charge in [0, 0.05) is 32.0 Å². The highest BCUT2D eigenvalue weighted by atomic mass is 16.5. The first kappa shape index (κ1) is 15.2. The average molecular weight is 293 g/mol. The lowest BCUT2D eigenvalue weighted by Crippen LogP contribution is -2.45. The first-order valence-corrected chi connectivity index (χ1v) is 6.90. The molecule has 1 fully saturated rings. The second kappa shape index (κ2) is 7.58. The number of rotatable bonds is 5. The molecule has 0 aliphatic carbocycles. The predicted molar refractivity (Wildman–Crippen MR) is 74.7 cm³/mol. The maximum absolute atomic E-state index is 12.0. The van der Waals surface area contributed by atoms with Gasteiger partial charge in [0.05, 0.1) is 6.10 Å². The van der Waals surface area contributed by atoms with Crippen molar-refractivity contribution < 1.29 is 19.4 Å². The zero-order valence-electron chi connectivity index (χ0n) is 11.7. The quantitative estimate of drug-likeness (QED) is 0.840. The summed E-state index contributed by atoms with van der Waals surface area (Å²) in [5.41, 5.74) is 0.998. The largest absolute Gasteiger partial charge is 0.480 e. The molecule has 0 saturated carbocycles. The summed E-state index contributed by atoms with van der Waals surface area (Å²) in [4.78, 5) is 28.1. The van der Waals surface area contributed by atoms with Gasteiger partial charge < -0.3 is 20.1 Å². The number of ether oxygens (including phenoxy) is 1. The van der Waals surface area contributed by atoms with Crippen molar-refractivity contribution in [3.05, 3.63) is 30.1 Å². The molecule has 1 aliphatic heterocycles. The van der Waals surface area contributed by atoms with Crippen LogP contribution in [0.15, 0.2) is 24.5 Å². The molecule has 2 rings (SSSR count). The van der Waals surface area contributed by atoms with E-state index in [1.54, 1.807) is 17.3 Å². The highest BCUT2D eigenvalue weighted by Gasteiger charge is 2.23. The van der Waals surface area contributed by atoms with Gasteiger partial charge in [-0.05, 0) is 30.5 Å². The molecule has 1 aliphatic rings. The lowest BCUT2D eigenvalue weighted by atomic mass is 10.1. The van der Waals surface area contributed by atoms with Crippen LogP contribution in [0, 0.1) is 0 Å². The number of aliphatic carboxylic acids is 1. The Hall–Kier alpha value is -2.15. The minimum absolute atomic E-state index is 0.0784. The lowest BCUT2D eigenvalue weighted by Gasteiger charge is -2.31. The molecular formula is C14H19N3O4. The predicted octanol–water partition coefficient (Wildman–Crippen LogP) is 0.857. The summed E-state index contributed by atoms with van der Waals surface area (Å²) in [6.45, 7) is 1.34. The minimum atomic E-state index is -0.965. The standard InChI is InChI=1S/C14H19N3O4/c18-13(19)10-21-12-3-7-17(8-4-12)14(20)16-9-11-1-5-15-6-2-11/h1-2,5-6,12H,3-4,7-10H2,(H,16,20)(H,18,19). The zero-order valence-corrected chi connectivity index (χ0v) is 11.7.